The fourth-order valence-electron chi connectivity index (χ4n) is 2.71. The summed E-state index contributed by atoms with van der Waals surface area (Å²) in [4.78, 5) is 0. The van der Waals surface area contributed by atoms with Crippen LogP contribution in [0.5, 0.6) is 5.75 Å². The first-order valence-electron chi connectivity index (χ1n) is 8.08. The van der Waals surface area contributed by atoms with Crippen LogP contribution in [0.3, 0.4) is 0 Å². The summed E-state index contributed by atoms with van der Waals surface area (Å²) in [6.45, 7) is 2.47. The van der Waals surface area contributed by atoms with E-state index in [1.54, 1.807) is 4.68 Å². The van der Waals surface area contributed by atoms with Crippen molar-refractivity contribution in [3.8, 4) is 5.75 Å². The second-order valence-corrected chi connectivity index (χ2v) is 5.87. The van der Waals surface area contributed by atoms with E-state index in [-0.39, 0.29) is 18.5 Å². The standard InChI is InChI=1S/C17H20F3N3O2/c1-23-13(10-15(22-23)16-11-21-6-8-25-16)5-7-24-14-4-2-3-12(9-14)17(18,19)20/h2-4,9-10,16,21H,5-8,11H2,1H3/t16-/m0/s1. The molecular weight excluding hydrogens is 335 g/mol. The third-order valence-corrected chi connectivity index (χ3v) is 4.04. The third-order valence-electron chi connectivity index (χ3n) is 4.04. The molecule has 0 radical (unpaired) electrons. The summed E-state index contributed by atoms with van der Waals surface area (Å²) < 4.78 is 51.0. The number of aryl methyl sites for hydroxylation is 1. The maximum atomic E-state index is 12.7. The summed E-state index contributed by atoms with van der Waals surface area (Å²) in [5.74, 6) is 0.206. The van der Waals surface area contributed by atoms with Gasteiger partial charge in [-0.2, -0.15) is 18.3 Å². The average molecular weight is 355 g/mol. The summed E-state index contributed by atoms with van der Waals surface area (Å²) in [6.07, 6.45) is -3.90. The molecule has 1 aromatic carbocycles. The Kier molecular flexibility index (Phi) is 5.29. The van der Waals surface area contributed by atoms with E-state index < -0.39 is 11.7 Å². The summed E-state index contributed by atoms with van der Waals surface area (Å²) in [5.41, 5.74) is 1.08. The summed E-state index contributed by atoms with van der Waals surface area (Å²) >= 11 is 0. The number of hydrogen-bond acceptors (Lipinski definition) is 4. The molecule has 0 saturated carbocycles. The van der Waals surface area contributed by atoms with Crippen LogP contribution in [0.25, 0.3) is 0 Å². The lowest BCUT2D eigenvalue weighted by molar-refractivity contribution is -0.137. The highest BCUT2D eigenvalue weighted by Gasteiger charge is 2.30. The summed E-state index contributed by atoms with van der Waals surface area (Å²) in [6, 6.07) is 6.85. The van der Waals surface area contributed by atoms with E-state index in [9.17, 15) is 13.2 Å². The number of nitrogens with one attached hydrogen (secondary N) is 1. The van der Waals surface area contributed by atoms with E-state index >= 15 is 0 Å². The number of aromatic nitrogens is 2. The van der Waals surface area contributed by atoms with E-state index in [2.05, 4.69) is 10.4 Å². The monoisotopic (exact) mass is 355 g/mol. The van der Waals surface area contributed by atoms with Crippen molar-refractivity contribution in [2.24, 2.45) is 7.05 Å². The van der Waals surface area contributed by atoms with Crippen LogP contribution >= 0.6 is 0 Å². The minimum absolute atomic E-state index is 0.0712. The highest BCUT2D eigenvalue weighted by atomic mass is 19.4. The molecule has 8 heteroatoms. The van der Waals surface area contributed by atoms with Crippen LogP contribution < -0.4 is 10.1 Å². The molecule has 0 spiro atoms. The molecule has 2 heterocycles. The fourth-order valence-corrected chi connectivity index (χ4v) is 2.71. The van der Waals surface area contributed by atoms with Crippen LogP contribution in [-0.4, -0.2) is 36.1 Å². The second-order valence-electron chi connectivity index (χ2n) is 5.87. The van der Waals surface area contributed by atoms with Crippen molar-refractivity contribution in [3.05, 3.63) is 47.3 Å². The lowest BCUT2D eigenvalue weighted by atomic mass is 10.2. The van der Waals surface area contributed by atoms with Crippen molar-refractivity contribution < 1.29 is 22.6 Å². The second kappa shape index (κ2) is 7.45. The lowest BCUT2D eigenvalue weighted by Crippen LogP contribution is -2.33. The number of nitrogens with zero attached hydrogens (tertiary/aromatic N) is 2. The van der Waals surface area contributed by atoms with Crippen LogP contribution in [0.15, 0.2) is 30.3 Å². The number of halogens is 3. The molecule has 1 aromatic heterocycles. The molecule has 0 unspecified atom stereocenters. The average Bonchev–Trinajstić information content (AvgIpc) is 2.96. The Morgan fingerprint density at radius 3 is 2.92 bits per heavy atom. The smallest absolute Gasteiger partial charge is 0.416 e. The van der Waals surface area contributed by atoms with Gasteiger partial charge in [-0.3, -0.25) is 4.68 Å². The van der Waals surface area contributed by atoms with Gasteiger partial charge in [-0.15, -0.1) is 0 Å². The van der Waals surface area contributed by atoms with Gasteiger partial charge in [0.05, 0.1) is 24.5 Å². The van der Waals surface area contributed by atoms with Crippen LogP contribution in [0.2, 0.25) is 0 Å². The molecule has 1 atom stereocenters. The zero-order valence-electron chi connectivity index (χ0n) is 13.8. The van der Waals surface area contributed by atoms with Crippen molar-refractivity contribution >= 4 is 0 Å². The molecule has 0 amide bonds. The Morgan fingerprint density at radius 2 is 2.20 bits per heavy atom. The Bertz CT molecular complexity index is 709. The molecule has 1 aliphatic heterocycles. The maximum Gasteiger partial charge on any atom is 0.416 e. The van der Waals surface area contributed by atoms with E-state index in [0.717, 1.165) is 36.6 Å². The predicted molar refractivity (Wildman–Crippen MR) is 85.4 cm³/mol. The first-order chi connectivity index (χ1) is 11.9. The number of morpholine rings is 1. The lowest BCUT2D eigenvalue weighted by Gasteiger charge is -2.21. The fraction of sp³-hybridized carbons (Fsp3) is 0.471. The van der Waals surface area contributed by atoms with Crippen LogP contribution in [0, 0.1) is 0 Å². The zero-order chi connectivity index (χ0) is 17.9. The largest absolute Gasteiger partial charge is 0.493 e. The molecule has 1 N–H and O–H groups in total. The molecule has 2 aromatic rings. The van der Waals surface area contributed by atoms with Gasteiger partial charge in [0, 0.05) is 32.3 Å². The van der Waals surface area contributed by atoms with Gasteiger partial charge >= 0.3 is 6.18 Å². The molecule has 1 fully saturated rings. The van der Waals surface area contributed by atoms with Gasteiger partial charge in [-0.05, 0) is 24.3 Å². The normalized spacial score (nSPS) is 18.3. The Morgan fingerprint density at radius 1 is 1.36 bits per heavy atom. The molecule has 0 aliphatic carbocycles. The first kappa shape index (κ1) is 17.8. The number of hydrogen-bond donors (Lipinski definition) is 1. The summed E-state index contributed by atoms with van der Waals surface area (Å²) in [5, 5.41) is 7.71. The molecule has 1 aliphatic rings. The van der Waals surface area contributed by atoms with E-state index in [1.807, 2.05) is 13.1 Å². The Hall–Kier alpha value is -2.06. The highest BCUT2D eigenvalue weighted by Crippen LogP contribution is 2.31. The van der Waals surface area contributed by atoms with Crippen LogP contribution in [-0.2, 0) is 24.4 Å². The molecule has 5 nitrogen and oxygen atoms in total. The molecule has 136 valence electrons. The zero-order valence-corrected chi connectivity index (χ0v) is 13.8. The van der Waals surface area contributed by atoms with Gasteiger partial charge in [0.25, 0.3) is 0 Å². The molecule has 0 bridgehead atoms. The molecule has 1 saturated heterocycles. The number of rotatable bonds is 5. The third kappa shape index (κ3) is 4.52. The van der Waals surface area contributed by atoms with Crippen LogP contribution in [0.1, 0.15) is 23.1 Å². The topological polar surface area (TPSA) is 48.3 Å². The van der Waals surface area contributed by atoms with Gasteiger partial charge in [0.15, 0.2) is 0 Å². The van der Waals surface area contributed by atoms with E-state index in [1.165, 1.54) is 12.1 Å². The number of benzene rings is 1. The van der Waals surface area contributed by atoms with E-state index in [4.69, 9.17) is 9.47 Å². The van der Waals surface area contributed by atoms with E-state index in [0.29, 0.717) is 13.0 Å². The van der Waals surface area contributed by atoms with Gasteiger partial charge in [0.1, 0.15) is 11.9 Å². The minimum atomic E-state index is -4.37. The number of alkyl halides is 3. The Labute approximate surface area is 143 Å². The van der Waals surface area contributed by atoms with Crippen molar-refractivity contribution in [1.29, 1.82) is 0 Å². The predicted octanol–water partition coefficient (Wildman–Crippen LogP) is 2.72. The number of ether oxygens (including phenoxy) is 2. The van der Waals surface area contributed by atoms with Crippen molar-refractivity contribution in [1.82, 2.24) is 15.1 Å². The van der Waals surface area contributed by atoms with Crippen molar-refractivity contribution in [2.75, 3.05) is 26.3 Å². The minimum Gasteiger partial charge on any atom is -0.493 e. The van der Waals surface area contributed by atoms with Gasteiger partial charge in [0.2, 0.25) is 0 Å². The van der Waals surface area contributed by atoms with Gasteiger partial charge in [-0.25, -0.2) is 0 Å². The first-order valence-corrected chi connectivity index (χ1v) is 8.08. The Balaban J connectivity index is 1.58. The molecule has 25 heavy (non-hydrogen) atoms. The van der Waals surface area contributed by atoms with Crippen molar-refractivity contribution in [3.63, 3.8) is 0 Å². The SMILES string of the molecule is Cn1nc([C@@H]2CNCCO2)cc1CCOc1cccc(C(F)(F)F)c1. The molecular formula is C17H20F3N3O2. The quantitative estimate of drug-likeness (QED) is 0.896. The van der Waals surface area contributed by atoms with Crippen LogP contribution in [0.4, 0.5) is 13.2 Å². The highest BCUT2D eigenvalue weighted by molar-refractivity contribution is 5.30. The maximum absolute atomic E-state index is 12.7. The van der Waals surface area contributed by atoms with Gasteiger partial charge in [-0.1, -0.05) is 6.07 Å². The van der Waals surface area contributed by atoms with Crippen molar-refractivity contribution in [2.45, 2.75) is 18.7 Å². The molecule has 3 rings (SSSR count). The van der Waals surface area contributed by atoms with Gasteiger partial charge < -0.3 is 14.8 Å². The summed E-state index contributed by atoms with van der Waals surface area (Å²) in [7, 11) is 1.83.